The third-order valence-electron chi connectivity index (χ3n) is 4.16. The van der Waals surface area contributed by atoms with Crippen molar-refractivity contribution in [1.29, 1.82) is 0 Å². The van der Waals surface area contributed by atoms with Crippen molar-refractivity contribution in [2.24, 2.45) is 0 Å². The molecular weight excluding hydrogens is 358 g/mol. The van der Waals surface area contributed by atoms with Crippen LogP contribution in [-0.2, 0) is 0 Å². The Labute approximate surface area is 163 Å². The molecule has 0 aliphatic rings. The van der Waals surface area contributed by atoms with Gasteiger partial charge in [-0.2, -0.15) is 0 Å². The fourth-order valence-electron chi connectivity index (χ4n) is 2.62. The predicted octanol–water partition coefficient (Wildman–Crippen LogP) is 5.58. The van der Waals surface area contributed by atoms with Gasteiger partial charge in [0.25, 0.3) is 5.91 Å². The molecule has 0 fully saturated rings. The van der Waals surface area contributed by atoms with Gasteiger partial charge in [0.15, 0.2) is 5.13 Å². The van der Waals surface area contributed by atoms with E-state index in [-0.39, 0.29) is 5.91 Å². The summed E-state index contributed by atoms with van der Waals surface area (Å²) >= 11 is 1.33. The van der Waals surface area contributed by atoms with E-state index in [1.807, 2.05) is 55.5 Å². The highest BCUT2D eigenvalue weighted by Crippen LogP contribution is 2.28. The van der Waals surface area contributed by atoms with Gasteiger partial charge in [0.2, 0.25) is 0 Å². The van der Waals surface area contributed by atoms with Gasteiger partial charge in [0.05, 0.1) is 12.8 Å². The quantitative estimate of drug-likeness (QED) is 0.585. The molecule has 0 aliphatic heterocycles. The van der Waals surface area contributed by atoms with Crippen LogP contribution >= 0.6 is 11.3 Å². The van der Waals surface area contributed by atoms with Crippen LogP contribution in [0.15, 0.2) is 48.5 Å². The second kappa shape index (κ2) is 8.22. The van der Waals surface area contributed by atoms with Gasteiger partial charge in [0, 0.05) is 17.4 Å². The molecule has 6 heteroatoms. The zero-order valence-corrected chi connectivity index (χ0v) is 16.7. The lowest BCUT2D eigenvalue weighted by Crippen LogP contribution is -2.11. The maximum Gasteiger partial charge on any atom is 0.267 e. The second-order valence-electron chi connectivity index (χ2n) is 6.52. The first-order valence-electron chi connectivity index (χ1n) is 8.76. The van der Waals surface area contributed by atoms with E-state index in [1.54, 1.807) is 7.11 Å². The summed E-state index contributed by atoms with van der Waals surface area (Å²) in [4.78, 5) is 17.7. The molecule has 2 aromatic carbocycles. The number of ether oxygens (including phenoxy) is 1. The second-order valence-corrected chi connectivity index (χ2v) is 7.52. The Morgan fingerprint density at radius 3 is 2.52 bits per heavy atom. The van der Waals surface area contributed by atoms with Gasteiger partial charge < -0.3 is 15.4 Å². The summed E-state index contributed by atoms with van der Waals surface area (Å²) in [6.45, 7) is 6.13. The van der Waals surface area contributed by atoms with Gasteiger partial charge in [-0.25, -0.2) is 4.98 Å². The molecule has 3 rings (SSSR count). The van der Waals surface area contributed by atoms with Crippen LogP contribution in [0.3, 0.4) is 0 Å². The van der Waals surface area contributed by atoms with Crippen LogP contribution < -0.4 is 15.4 Å². The highest BCUT2D eigenvalue weighted by molar-refractivity contribution is 7.17. The first kappa shape index (κ1) is 18.9. The molecule has 0 bridgehead atoms. The van der Waals surface area contributed by atoms with Gasteiger partial charge in [-0.15, -0.1) is 0 Å². The summed E-state index contributed by atoms with van der Waals surface area (Å²) < 4.78 is 5.23. The fraction of sp³-hybridized carbons (Fsp3) is 0.238. The molecule has 0 saturated carbocycles. The molecule has 0 spiro atoms. The highest BCUT2D eigenvalue weighted by atomic mass is 32.1. The number of hydrogen-bond donors (Lipinski definition) is 2. The lowest BCUT2D eigenvalue weighted by molar-refractivity contribution is 0.103. The number of aryl methyl sites for hydroxylation is 1. The van der Waals surface area contributed by atoms with Gasteiger partial charge in [-0.05, 0) is 42.7 Å². The number of nitrogens with one attached hydrogen (secondary N) is 2. The molecule has 0 unspecified atom stereocenters. The van der Waals surface area contributed by atoms with Crippen LogP contribution in [0.5, 0.6) is 5.75 Å². The van der Waals surface area contributed by atoms with Crippen LogP contribution in [0.1, 0.15) is 40.7 Å². The van der Waals surface area contributed by atoms with Crippen molar-refractivity contribution in [2.75, 3.05) is 17.7 Å². The number of aromatic nitrogens is 1. The average Bonchev–Trinajstić information content (AvgIpc) is 3.02. The fourth-order valence-corrected chi connectivity index (χ4v) is 3.51. The molecule has 1 amide bonds. The van der Waals surface area contributed by atoms with E-state index in [2.05, 4.69) is 29.5 Å². The third-order valence-corrected chi connectivity index (χ3v) is 5.23. The van der Waals surface area contributed by atoms with Crippen molar-refractivity contribution in [3.05, 3.63) is 64.7 Å². The van der Waals surface area contributed by atoms with Gasteiger partial charge >= 0.3 is 0 Å². The molecule has 27 heavy (non-hydrogen) atoms. The monoisotopic (exact) mass is 381 g/mol. The minimum absolute atomic E-state index is 0.152. The van der Waals surface area contributed by atoms with E-state index in [0.717, 1.165) is 17.1 Å². The minimum Gasteiger partial charge on any atom is -0.497 e. The number of anilines is 3. The van der Waals surface area contributed by atoms with E-state index in [9.17, 15) is 4.79 Å². The lowest BCUT2D eigenvalue weighted by atomic mass is 10.0. The summed E-state index contributed by atoms with van der Waals surface area (Å²) in [5.74, 6) is 1.07. The summed E-state index contributed by atoms with van der Waals surface area (Å²) in [7, 11) is 1.63. The predicted molar refractivity (Wildman–Crippen MR) is 112 cm³/mol. The number of carbonyl (C=O) groups is 1. The number of methoxy groups -OCH3 is 1. The normalized spacial score (nSPS) is 10.7. The van der Waals surface area contributed by atoms with Crippen molar-refractivity contribution in [3.8, 4) is 5.75 Å². The summed E-state index contributed by atoms with van der Waals surface area (Å²) in [6.07, 6.45) is 0. The summed E-state index contributed by atoms with van der Waals surface area (Å²) in [5, 5.41) is 6.84. The van der Waals surface area contributed by atoms with Crippen molar-refractivity contribution in [3.63, 3.8) is 0 Å². The van der Waals surface area contributed by atoms with Gasteiger partial charge in [-0.1, -0.05) is 43.4 Å². The number of carbonyl (C=O) groups excluding carboxylic acids is 1. The Bertz CT molecular complexity index is 933. The average molecular weight is 382 g/mol. The summed E-state index contributed by atoms with van der Waals surface area (Å²) in [6, 6.07) is 15.5. The van der Waals surface area contributed by atoms with Gasteiger partial charge in [0.1, 0.15) is 10.6 Å². The maximum absolute atomic E-state index is 12.6. The zero-order valence-electron chi connectivity index (χ0n) is 15.9. The first-order valence-corrected chi connectivity index (χ1v) is 9.57. The Hall–Kier alpha value is -2.86. The van der Waals surface area contributed by atoms with E-state index in [1.165, 1.54) is 16.9 Å². The molecular formula is C21H23N3O2S. The Morgan fingerprint density at radius 1 is 1.11 bits per heavy atom. The molecule has 0 saturated heterocycles. The van der Waals surface area contributed by atoms with Crippen LogP contribution in [-0.4, -0.2) is 18.0 Å². The van der Waals surface area contributed by atoms with E-state index >= 15 is 0 Å². The van der Waals surface area contributed by atoms with E-state index in [4.69, 9.17) is 4.74 Å². The molecule has 0 radical (unpaired) electrons. The SMILES string of the molecule is COc1cccc(Nc2nc(C)c(C(=O)Nc3ccc(C(C)C)cc3)s2)c1. The van der Waals surface area contributed by atoms with Crippen LogP contribution in [0.25, 0.3) is 0 Å². The molecule has 5 nitrogen and oxygen atoms in total. The molecule has 2 N–H and O–H groups in total. The smallest absolute Gasteiger partial charge is 0.267 e. The van der Waals surface area contributed by atoms with E-state index < -0.39 is 0 Å². The Morgan fingerprint density at radius 2 is 1.85 bits per heavy atom. The van der Waals surface area contributed by atoms with Crippen molar-refractivity contribution in [2.45, 2.75) is 26.7 Å². The van der Waals surface area contributed by atoms with Crippen molar-refractivity contribution < 1.29 is 9.53 Å². The zero-order chi connectivity index (χ0) is 19.4. The minimum atomic E-state index is -0.152. The van der Waals surface area contributed by atoms with Gasteiger partial charge in [-0.3, -0.25) is 4.79 Å². The van der Waals surface area contributed by atoms with Crippen LogP contribution in [0, 0.1) is 6.92 Å². The van der Waals surface area contributed by atoms with Crippen LogP contribution in [0.4, 0.5) is 16.5 Å². The number of hydrogen-bond acceptors (Lipinski definition) is 5. The maximum atomic E-state index is 12.6. The van der Waals surface area contributed by atoms with Crippen molar-refractivity contribution >= 4 is 33.8 Å². The standard InChI is InChI=1S/C21H23N3O2S/c1-13(2)15-8-10-16(11-9-15)23-20(25)19-14(3)22-21(27-19)24-17-6-5-7-18(12-17)26-4/h5-13H,1-4H3,(H,22,24)(H,23,25). The molecule has 0 atom stereocenters. The Balaban J connectivity index is 1.72. The third kappa shape index (κ3) is 4.65. The van der Waals surface area contributed by atoms with Crippen LogP contribution in [0.2, 0.25) is 0 Å². The number of nitrogens with zero attached hydrogens (tertiary/aromatic N) is 1. The molecule has 1 aromatic heterocycles. The molecule has 1 heterocycles. The first-order chi connectivity index (χ1) is 13.0. The number of rotatable bonds is 6. The number of amides is 1. The largest absolute Gasteiger partial charge is 0.497 e. The summed E-state index contributed by atoms with van der Waals surface area (Å²) in [5.41, 5.74) is 3.58. The molecule has 3 aromatic rings. The van der Waals surface area contributed by atoms with Crippen molar-refractivity contribution in [1.82, 2.24) is 4.98 Å². The number of thiazole rings is 1. The molecule has 140 valence electrons. The van der Waals surface area contributed by atoms with E-state index in [0.29, 0.717) is 21.6 Å². The molecule has 0 aliphatic carbocycles. The topological polar surface area (TPSA) is 63.2 Å². The Kier molecular flexibility index (Phi) is 5.76. The number of benzene rings is 2. The lowest BCUT2D eigenvalue weighted by Gasteiger charge is -2.08. The highest BCUT2D eigenvalue weighted by Gasteiger charge is 2.16.